The van der Waals surface area contributed by atoms with Crippen LogP contribution in [0.15, 0.2) is 24.3 Å². The Morgan fingerprint density at radius 3 is 2.82 bits per heavy atom. The summed E-state index contributed by atoms with van der Waals surface area (Å²) in [6.07, 6.45) is 1.23. The molecule has 1 heterocycles. The summed E-state index contributed by atoms with van der Waals surface area (Å²) in [5, 5.41) is 3.40. The number of thioether (sulfide) groups is 1. The van der Waals surface area contributed by atoms with Gasteiger partial charge in [0.05, 0.1) is 0 Å². The van der Waals surface area contributed by atoms with Crippen molar-refractivity contribution in [3.63, 3.8) is 0 Å². The number of carbonyl (C=O) groups is 1. The molecule has 0 aromatic heterocycles. The van der Waals surface area contributed by atoms with Crippen LogP contribution in [0.3, 0.4) is 0 Å². The van der Waals surface area contributed by atoms with Gasteiger partial charge in [0.15, 0.2) is 0 Å². The van der Waals surface area contributed by atoms with E-state index in [2.05, 4.69) is 40.0 Å². The van der Waals surface area contributed by atoms with Crippen molar-refractivity contribution in [1.29, 1.82) is 0 Å². The molecule has 1 N–H and O–H groups in total. The molecule has 92 valence electrons. The molecule has 1 aliphatic heterocycles. The fourth-order valence-corrected chi connectivity index (χ4v) is 3.24. The SMILES string of the molecule is O=C(Cc1ccc(I)cc1)CC1CSCCN1. The number of hydrogen-bond acceptors (Lipinski definition) is 3. The molecule has 2 nitrogen and oxygen atoms in total. The first-order valence-electron chi connectivity index (χ1n) is 5.81. The van der Waals surface area contributed by atoms with Crippen LogP contribution >= 0.6 is 34.4 Å². The van der Waals surface area contributed by atoms with Crippen LogP contribution in [0.5, 0.6) is 0 Å². The molecule has 0 bridgehead atoms. The number of rotatable bonds is 4. The van der Waals surface area contributed by atoms with Crippen LogP contribution in [0.4, 0.5) is 0 Å². The Kier molecular flexibility index (Phi) is 5.31. The van der Waals surface area contributed by atoms with E-state index in [-0.39, 0.29) is 0 Å². The fraction of sp³-hybridized carbons (Fsp3) is 0.462. The van der Waals surface area contributed by atoms with Gasteiger partial charge in [-0.1, -0.05) is 12.1 Å². The van der Waals surface area contributed by atoms with Crippen molar-refractivity contribution in [2.45, 2.75) is 18.9 Å². The monoisotopic (exact) mass is 361 g/mol. The zero-order valence-electron chi connectivity index (χ0n) is 9.62. The van der Waals surface area contributed by atoms with Gasteiger partial charge in [0.1, 0.15) is 5.78 Å². The molecule has 0 radical (unpaired) electrons. The van der Waals surface area contributed by atoms with E-state index in [0.717, 1.165) is 17.9 Å². The van der Waals surface area contributed by atoms with E-state index in [1.807, 2.05) is 23.9 Å². The summed E-state index contributed by atoms with van der Waals surface area (Å²) in [7, 11) is 0. The van der Waals surface area contributed by atoms with Crippen molar-refractivity contribution in [2.24, 2.45) is 0 Å². The van der Waals surface area contributed by atoms with Crippen LogP contribution < -0.4 is 5.32 Å². The number of Topliss-reactive ketones (excluding diaryl/α,β-unsaturated/α-hetero) is 1. The molecular formula is C13H16INOS. The molecule has 0 saturated carbocycles. The summed E-state index contributed by atoms with van der Waals surface area (Å²) in [4.78, 5) is 11.9. The maximum atomic E-state index is 11.9. The highest BCUT2D eigenvalue weighted by atomic mass is 127. The topological polar surface area (TPSA) is 29.1 Å². The molecule has 1 saturated heterocycles. The predicted octanol–water partition coefficient (Wildman–Crippen LogP) is 2.50. The lowest BCUT2D eigenvalue weighted by Crippen LogP contribution is -2.39. The van der Waals surface area contributed by atoms with Gasteiger partial charge < -0.3 is 5.32 Å². The highest BCUT2D eigenvalue weighted by Crippen LogP contribution is 2.13. The van der Waals surface area contributed by atoms with Crippen LogP contribution in [0.2, 0.25) is 0 Å². The van der Waals surface area contributed by atoms with E-state index in [0.29, 0.717) is 24.7 Å². The molecule has 1 aromatic rings. The zero-order valence-corrected chi connectivity index (χ0v) is 12.6. The van der Waals surface area contributed by atoms with Crippen molar-refractivity contribution in [1.82, 2.24) is 5.32 Å². The first-order chi connectivity index (χ1) is 8.24. The molecule has 2 rings (SSSR count). The molecule has 17 heavy (non-hydrogen) atoms. The first-order valence-corrected chi connectivity index (χ1v) is 8.04. The fourth-order valence-electron chi connectivity index (χ4n) is 1.93. The number of hydrogen-bond donors (Lipinski definition) is 1. The Hall–Kier alpha value is -0.0700. The quantitative estimate of drug-likeness (QED) is 0.836. The predicted molar refractivity (Wildman–Crippen MR) is 81.6 cm³/mol. The summed E-state index contributed by atoms with van der Waals surface area (Å²) < 4.78 is 1.21. The molecular weight excluding hydrogens is 345 g/mol. The average molecular weight is 361 g/mol. The highest BCUT2D eigenvalue weighted by molar-refractivity contribution is 14.1. The van der Waals surface area contributed by atoms with Gasteiger partial charge in [-0.3, -0.25) is 4.79 Å². The minimum Gasteiger partial charge on any atom is -0.312 e. The van der Waals surface area contributed by atoms with Gasteiger partial charge in [0, 0.05) is 40.5 Å². The summed E-state index contributed by atoms with van der Waals surface area (Å²) >= 11 is 4.21. The lowest BCUT2D eigenvalue weighted by atomic mass is 10.0. The van der Waals surface area contributed by atoms with E-state index in [9.17, 15) is 4.79 Å². The van der Waals surface area contributed by atoms with Gasteiger partial charge in [-0.2, -0.15) is 11.8 Å². The van der Waals surface area contributed by atoms with Gasteiger partial charge in [0.2, 0.25) is 0 Å². The van der Waals surface area contributed by atoms with E-state index >= 15 is 0 Å². The molecule has 0 aliphatic carbocycles. The molecule has 4 heteroatoms. The van der Waals surface area contributed by atoms with Gasteiger partial charge >= 0.3 is 0 Å². The molecule has 1 atom stereocenters. The number of benzene rings is 1. The number of halogens is 1. The normalized spacial score (nSPS) is 20.2. The number of carbonyl (C=O) groups excluding carboxylic acids is 1. The molecule has 0 spiro atoms. The third kappa shape index (κ3) is 4.60. The second-order valence-electron chi connectivity index (χ2n) is 4.27. The Morgan fingerprint density at radius 2 is 2.18 bits per heavy atom. The first kappa shape index (κ1) is 13.4. The lowest BCUT2D eigenvalue weighted by molar-refractivity contribution is -0.118. The zero-order chi connectivity index (χ0) is 12.1. The maximum absolute atomic E-state index is 11.9. The summed E-state index contributed by atoms with van der Waals surface area (Å²) in [6, 6.07) is 8.58. The second-order valence-corrected chi connectivity index (χ2v) is 6.67. The van der Waals surface area contributed by atoms with Gasteiger partial charge in [-0.25, -0.2) is 0 Å². The standard InChI is InChI=1S/C13H16INOS/c14-11-3-1-10(2-4-11)7-13(16)8-12-9-17-6-5-15-12/h1-4,12,15H,5-9H2. The molecule has 1 unspecified atom stereocenters. The van der Waals surface area contributed by atoms with E-state index in [1.54, 1.807) is 0 Å². The van der Waals surface area contributed by atoms with Gasteiger partial charge in [-0.15, -0.1) is 0 Å². The minimum atomic E-state index is 0.339. The average Bonchev–Trinajstić information content (AvgIpc) is 2.33. The van der Waals surface area contributed by atoms with E-state index in [4.69, 9.17) is 0 Å². The molecule has 1 aliphatic rings. The van der Waals surface area contributed by atoms with E-state index < -0.39 is 0 Å². The lowest BCUT2D eigenvalue weighted by Gasteiger charge is -2.22. The largest absolute Gasteiger partial charge is 0.312 e. The molecule has 1 aromatic carbocycles. The Bertz CT molecular complexity index is 374. The van der Waals surface area contributed by atoms with Crippen LogP contribution in [0.1, 0.15) is 12.0 Å². The summed E-state index contributed by atoms with van der Waals surface area (Å²) in [6.45, 7) is 1.03. The summed E-state index contributed by atoms with van der Waals surface area (Å²) in [5.74, 6) is 2.58. The highest BCUT2D eigenvalue weighted by Gasteiger charge is 2.16. The minimum absolute atomic E-state index is 0.339. The number of ketones is 1. The Morgan fingerprint density at radius 1 is 1.41 bits per heavy atom. The molecule has 1 fully saturated rings. The smallest absolute Gasteiger partial charge is 0.138 e. The second kappa shape index (κ2) is 6.75. The Balaban J connectivity index is 1.82. The molecule has 0 amide bonds. The van der Waals surface area contributed by atoms with Gasteiger partial charge in [-0.05, 0) is 40.3 Å². The van der Waals surface area contributed by atoms with Gasteiger partial charge in [0.25, 0.3) is 0 Å². The van der Waals surface area contributed by atoms with Crippen LogP contribution in [0.25, 0.3) is 0 Å². The maximum Gasteiger partial charge on any atom is 0.138 e. The van der Waals surface area contributed by atoms with Crippen molar-refractivity contribution in [3.8, 4) is 0 Å². The van der Waals surface area contributed by atoms with E-state index in [1.165, 1.54) is 9.32 Å². The van der Waals surface area contributed by atoms with Crippen LogP contribution in [-0.4, -0.2) is 29.9 Å². The van der Waals surface area contributed by atoms with Crippen LogP contribution in [-0.2, 0) is 11.2 Å². The third-order valence-corrected chi connectivity index (χ3v) is 4.64. The summed E-state index contributed by atoms with van der Waals surface area (Å²) in [5.41, 5.74) is 1.12. The van der Waals surface area contributed by atoms with Crippen molar-refractivity contribution in [3.05, 3.63) is 33.4 Å². The van der Waals surface area contributed by atoms with Crippen LogP contribution in [0, 0.1) is 3.57 Å². The Labute approximate surface area is 120 Å². The van der Waals surface area contributed by atoms with Crippen molar-refractivity contribution >= 4 is 40.1 Å². The van der Waals surface area contributed by atoms with Crippen molar-refractivity contribution in [2.75, 3.05) is 18.1 Å². The third-order valence-electron chi connectivity index (χ3n) is 2.79. The van der Waals surface area contributed by atoms with Crippen molar-refractivity contribution < 1.29 is 4.79 Å². The number of nitrogens with one attached hydrogen (secondary N) is 1.